The van der Waals surface area contributed by atoms with Gasteiger partial charge in [0.15, 0.2) is 0 Å². The summed E-state index contributed by atoms with van der Waals surface area (Å²) in [5.74, 6) is -0.851. The molecule has 0 heterocycles. The molecule has 3 N–H and O–H groups in total. The van der Waals surface area contributed by atoms with E-state index in [9.17, 15) is 9.59 Å². The molecule has 19 heavy (non-hydrogen) atoms. The number of urea groups is 1. The van der Waals surface area contributed by atoms with E-state index in [0.29, 0.717) is 13.0 Å². The molecule has 1 rings (SSSR count). The van der Waals surface area contributed by atoms with Crippen molar-refractivity contribution in [1.82, 2.24) is 5.32 Å². The maximum absolute atomic E-state index is 11.6. The SMILES string of the molecule is CCCc1ccccc1NC(=O)NCCCC(=O)O. The van der Waals surface area contributed by atoms with Crippen LogP contribution in [0.2, 0.25) is 0 Å². The van der Waals surface area contributed by atoms with Crippen LogP contribution in [-0.4, -0.2) is 23.7 Å². The lowest BCUT2D eigenvalue weighted by atomic mass is 10.1. The molecule has 0 bridgehead atoms. The van der Waals surface area contributed by atoms with Gasteiger partial charge in [-0.1, -0.05) is 31.5 Å². The summed E-state index contributed by atoms with van der Waals surface area (Å²) in [6.45, 7) is 2.44. The molecule has 104 valence electrons. The van der Waals surface area contributed by atoms with Gasteiger partial charge >= 0.3 is 12.0 Å². The molecule has 0 unspecified atom stereocenters. The summed E-state index contributed by atoms with van der Waals surface area (Å²) < 4.78 is 0. The summed E-state index contributed by atoms with van der Waals surface area (Å²) in [5.41, 5.74) is 1.91. The second kappa shape index (κ2) is 8.13. The molecular weight excluding hydrogens is 244 g/mol. The van der Waals surface area contributed by atoms with E-state index in [4.69, 9.17) is 5.11 Å². The normalized spacial score (nSPS) is 9.95. The maximum Gasteiger partial charge on any atom is 0.319 e. The summed E-state index contributed by atoms with van der Waals surface area (Å²) in [6, 6.07) is 7.37. The molecule has 0 spiro atoms. The Morgan fingerprint density at radius 3 is 2.68 bits per heavy atom. The van der Waals surface area contributed by atoms with Crippen molar-refractivity contribution in [2.75, 3.05) is 11.9 Å². The summed E-state index contributed by atoms with van der Waals surface area (Å²) in [5, 5.41) is 13.9. The van der Waals surface area contributed by atoms with E-state index in [1.165, 1.54) is 0 Å². The smallest absolute Gasteiger partial charge is 0.319 e. The minimum Gasteiger partial charge on any atom is -0.481 e. The number of amides is 2. The van der Waals surface area contributed by atoms with Crippen molar-refractivity contribution < 1.29 is 14.7 Å². The number of benzene rings is 1. The Bertz CT molecular complexity index is 432. The molecule has 0 saturated carbocycles. The number of aryl methyl sites for hydroxylation is 1. The van der Waals surface area contributed by atoms with Gasteiger partial charge < -0.3 is 15.7 Å². The number of para-hydroxylation sites is 1. The van der Waals surface area contributed by atoms with Crippen LogP contribution in [-0.2, 0) is 11.2 Å². The highest BCUT2D eigenvalue weighted by atomic mass is 16.4. The van der Waals surface area contributed by atoms with E-state index in [1.807, 2.05) is 24.3 Å². The summed E-state index contributed by atoms with van der Waals surface area (Å²) in [7, 11) is 0. The molecule has 1 aromatic rings. The first kappa shape index (κ1) is 15.0. The lowest BCUT2D eigenvalue weighted by molar-refractivity contribution is -0.137. The van der Waals surface area contributed by atoms with Crippen LogP contribution in [0.4, 0.5) is 10.5 Å². The predicted octanol–water partition coefficient (Wildman–Crippen LogP) is 2.63. The first-order valence-corrected chi connectivity index (χ1v) is 6.48. The molecule has 0 atom stereocenters. The Balaban J connectivity index is 2.41. The molecule has 0 fully saturated rings. The Morgan fingerprint density at radius 1 is 1.26 bits per heavy atom. The summed E-state index contributed by atoms with van der Waals surface area (Å²) in [6.07, 6.45) is 2.42. The number of hydrogen-bond acceptors (Lipinski definition) is 2. The van der Waals surface area contributed by atoms with E-state index in [2.05, 4.69) is 17.6 Å². The summed E-state index contributed by atoms with van der Waals surface area (Å²) >= 11 is 0. The van der Waals surface area contributed by atoms with Crippen LogP contribution >= 0.6 is 0 Å². The second-order valence-electron chi connectivity index (χ2n) is 4.29. The topological polar surface area (TPSA) is 78.4 Å². The third-order valence-electron chi connectivity index (χ3n) is 2.64. The summed E-state index contributed by atoms with van der Waals surface area (Å²) in [4.78, 5) is 22.0. The molecule has 2 amide bonds. The number of carboxylic acid groups (broad SMARTS) is 1. The lowest BCUT2D eigenvalue weighted by Crippen LogP contribution is -2.30. The number of carboxylic acids is 1. The Labute approximate surface area is 113 Å². The molecule has 0 aromatic heterocycles. The van der Waals surface area contributed by atoms with E-state index in [-0.39, 0.29) is 12.5 Å². The van der Waals surface area contributed by atoms with Gasteiger partial charge in [-0.15, -0.1) is 0 Å². The van der Waals surface area contributed by atoms with Crippen LogP contribution in [0.15, 0.2) is 24.3 Å². The molecule has 0 aliphatic carbocycles. The van der Waals surface area contributed by atoms with Crippen LogP contribution in [0.5, 0.6) is 0 Å². The quantitative estimate of drug-likeness (QED) is 0.662. The van der Waals surface area contributed by atoms with Crippen LogP contribution in [0.1, 0.15) is 31.7 Å². The second-order valence-corrected chi connectivity index (χ2v) is 4.29. The number of carbonyl (C=O) groups excluding carboxylic acids is 1. The first-order valence-electron chi connectivity index (χ1n) is 6.48. The molecule has 0 aliphatic heterocycles. The highest BCUT2D eigenvalue weighted by Crippen LogP contribution is 2.16. The van der Waals surface area contributed by atoms with Crippen molar-refractivity contribution in [2.24, 2.45) is 0 Å². The van der Waals surface area contributed by atoms with Crippen molar-refractivity contribution in [2.45, 2.75) is 32.6 Å². The lowest BCUT2D eigenvalue weighted by Gasteiger charge is -2.11. The van der Waals surface area contributed by atoms with Crippen molar-refractivity contribution in [3.63, 3.8) is 0 Å². The third kappa shape index (κ3) is 5.90. The minimum atomic E-state index is -0.851. The zero-order valence-corrected chi connectivity index (χ0v) is 11.1. The van der Waals surface area contributed by atoms with Crippen molar-refractivity contribution >= 4 is 17.7 Å². The number of nitrogens with one attached hydrogen (secondary N) is 2. The van der Waals surface area contributed by atoms with Gasteiger partial charge in [0.2, 0.25) is 0 Å². The first-order chi connectivity index (χ1) is 9.13. The van der Waals surface area contributed by atoms with Crippen molar-refractivity contribution in [1.29, 1.82) is 0 Å². The number of carbonyl (C=O) groups is 2. The van der Waals surface area contributed by atoms with Crippen LogP contribution in [0.25, 0.3) is 0 Å². The average molecular weight is 264 g/mol. The standard InChI is InChI=1S/C14H20N2O3/c1-2-6-11-7-3-4-8-12(11)16-14(19)15-10-5-9-13(17)18/h3-4,7-8H,2,5-6,9-10H2,1H3,(H,17,18)(H2,15,16,19). The fraction of sp³-hybridized carbons (Fsp3) is 0.429. The zero-order valence-electron chi connectivity index (χ0n) is 11.1. The predicted molar refractivity (Wildman–Crippen MR) is 74.3 cm³/mol. The highest BCUT2D eigenvalue weighted by Gasteiger charge is 2.05. The van der Waals surface area contributed by atoms with Crippen LogP contribution in [0, 0.1) is 0 Å². The van der Waals surface area contributed by atoms with E-state index in [0.717, 1.165) is 24.1 Å². The van der Waals surface area contributed by atoms with Crippen molar-refractivity contribution in [3.8, 4) is 0 Å². The molecular formula is C14H20N2O3. The van der Waals surface area contributed by atoms with E-state index in [1.54, 1.807) is 0 Å². The van der Waals surface area contributed by atoms with Gasteiger partial charge in [-0.2, -0.15) is 0 Å². The number of anilines is 1. The molecule has 5 heteroatoms. The Kier molecular flexibility index (Phi) is 6.43. The van der Waals surface area contributed by atoms with Gasteiger partial charge in [0, 0.05) is 18.7 Å². The molecule has 1 aromatic carbocycles. The zero-order chi connectivity index (χ0) is 14.1. The van der Waals surface area contributed by atoms with Gasteiger partial charge in [-0.05, 0) is 24.5 Å². The van der Waals surface area contributed by atoms with Crippen molar-refractivity contribution in [3.05, 3.63) is 29.8 Å². The fourth-order valence-electron chi connectivity index (χ4n) is 1.74. The number of aliphatic carboxylic acids is 1. The molecule has 0 radical (unpaired) electrons. The van der Waals surface area contributed by atoms with E-state index < -0.39 is 5.97 Å². The Morgan fingerprint density at radius 2 is 2.00 bits per heavy atom. The minimum absolute atomic E-state index is 0.0622. The average Bonchev–Trinajstić information content (AvgIpc) is 2.37. The number of rotatable bonds is 7. The molecule has 0 aliphatic rings. The monoisotopic (exact) mass is 264 g/mol. The maximum atomic E-state index is 11.6. The largest absolute Gasteiger partial charge is 0.481 e. The van der Waals surface area contributed by atoms with Gasteiger partial charge in [-0.3, -0.25) is 4.79 Å². The van der Waals surface area contributed by atoms with Gasteiger partial charge in [0.25, 0.3) is 0 Å². The molecule has 0 saturated heterocycles. The number of hydrogen-bond donors (Lipinski definition) is 3. The fourth-order valence-corrected chi connectivity index (χ4v) is 1.74. The van der Waals surface area contributed by atoms with Gasteiger partial charge in [0.1, 0.15) is 0 Å². The Hall–Kier alpha value is -2.04. The van der Waals surface area contributed by atoms with Crippen LogP contribution < -0.4 is 10.6 Å². The van der Waals surface area contributed by atoms with E-state index >= 15 is 0 Å². The highest BCUT2D eigenvalue weighted by molar-refractivity contribution is 5.90. The third-order valence-corrected chi connectivity index (χ3v) is 2.64. The van der Waals surface area contributed by atoms with Gasteiger partial charge in [0.05, 0.1) is 0 Å². The van der Waals surface area contributed by atoms with Gasteiger partial charge in [-0.25, -0.2) is 4.79 Å². The van der Waals surface area contributed by atoms with Crippen LogP contribution in [0.3, 0.4) is 0 Å². The molecule has 5 nitrogen and oxygen atoms in total.